The molecule has 6 heteroatoms. The van der Waals surface area contributed by atoms with E-state index in [1.165, 1.54) is 0 Å². The molecule has 2 nitrogen and oxygen atoms in total. The van der Waals surface area contributed by atoms with Crippen LogP contribution in [0.4, 0.5) is 17.6 Å². The summed E-state index contributed by atoms with van der Waals surface area (Å²) in [7, 11) is 0. The molecule has 90 valence electrons. The number of rotatable bonds is 4. The van der Waals surface area contributed by atoms with Crippen LogP contribution in [0.25, 0.3) is 0 Å². The summed E-state index contributed by atoms with van der Waals surface area (Å²) in [5.41, 5.74) is 4.13. The van der Waals surface area contributed by atoms with Crippen LogP contribution >= 0.6 is 0 Å². The average Bonchev–Trinajstić information content (AvgIpc) is 2.16. The number of hydrogen-bond acceptors (Lipinski definition) is 2. The fourth-order valence-corrected chi connectivity index (χ4v) is 1.08. The first kappa shape index (κ1) is 12.8. The molecule has 0 aliphatic rings. The summed E-state index contributed by atoms with van der Waals surface area (Å²) in [6, 6.07) is 2.10. The van der Waals surface area contributed by atoms with Crippen molar-refractivity contribution in [2.75, 3.05) is 13.2 Å². The lowest BCUT2D eigenvalue weighted by Crippen LogP contribution is -2.08. The molecule has 0 radical (unpaired) electrons. The predicted octanol–water partition coefficient (Wildman–Crippen LogP) is 2.57. The van der Waals surface area contributed by atoms with Crippen LogP contribution in [0.2, 0.25) is 0 Å². The number of alkyl halides is 3. The Labute approximate surface area is 90.0 Å². The van der Waals surface area contributed by atoms with Gasteiger partial charge in [0.25, 0.3) is 0 Å². The van der Waals surface area contributed by atoms with Crippen LogP contribution in [0.3, 0.4) is 0 Å². The third-order valence-corrected chi connectivity index (χ3v) is 1.82. The van der Waals surface area contributed by atoms with E-state index in [4.69, 9.17) is 10.5 Å². The standard InChI is InChI=1S/C10H11F4NO/c11-8-4-7(10(12,13)14)5-9(6-8)16-3-1-2-15/h4-6H,1-3,15H2. The third kappa shape index (κ3) is 3.69. The van der Waals surface area contributed by atoms with Crippen molar-refractivity contribution >= 4 is 0 Å². The lowest BCUT2D eigenvalue weighted by Gasteiger charge is -2.10. The molecule has 0 amide bonds. The van der Waals surface area contributed by atoms with E-state index in [-0.39, 0.29) is 12.4 Å². The van der Waals surface area contributed by atoms with Crippen LogP contribution in [0.1, 0.15) is 12.0 Å². The summed E-state index contributed by atoms with van der Waals surface area (Å²) >= 11 is 0. The molecule has 0 atom stereocenters. The van der Waals surface area contributed by atoms with E-state index in [1.54, 1.807) is 0 Å². The normalized spacial score (nSPS) is 11.6. The molecule has 0 heterocycles. The maximum atomic E-state index is 12.9. The van der Waals surface area contributed by atoms with Crippen molar-refractivity contribution in [3.8, 4) is 5.75 Å². The second-order valence-corrected chi connectivity index (χ2v) is 3.16. The number of benzene rings is 1. The topological polar surface area (TPSA) is 35.2 Å². The van der Waals surface area contributed by atoms with Gasteiger partial charge >= 0.3 is 6.18 Å². The van der Waals surface area contributed by atoms with Gasteiger partial charge in [0.15, 0.2) is 0 Å². The number of ether oxygens (including phenoxy) is 1. The van der Waals surface area contributed by atoms with Gasteiger partial charge in [0, 0.05) is 6.07 Å². The highest BCUT2D eigenvalue weighted by Gasteiger charge is 2.31. The van der Waals surface area contributed by atoms with Gasteiger partial charge in [-0.1, -0.05) is 0 Å². The Morgan fingerprint density at radius 3 is 2.44 bits per heavy atom. The largest absolute Gasteiger partial charge is 0.493 e. The quantitative estimate of drug-likeness (QED) is 0.645. The van der Waals surface area contributed by atoms with Gasteiger partial charge in [0.1, 0.15) is 11.6 Å². The minimum atomic E-state index is -4.58. The van der Waals surface area contributed by atoms with Gasteiger partial charge in [-0.2, -0.15) is 13.2 Å². The van der Waals surface area contributed by atoms with E-state index in [0.717, 1.165) is 12.1 Å². The molecule has 0 saturated carbocycles. The van der Waals surface area contributed by atoms with E-state index in [1.807, 2.05) is 0 Å². The molecule has 0 fully saturated rings. The Bertz CT molecular complexity index is 351. The van der Waals surface area contributed by atoms with E-state index in [0.29, 0.717) is 19.0 Å². The summed E-state index contributed by atoms with van der Waals surface area (Å²) in [6.07, 6.45) is -4.08. The third-order valence-electron chi connectivity index (χ3n) is 1.82. The van der Waals surface area contributed by atoms with E-state index in [2.05, 4.69) is 0 Å². The van der Waals surface area contributed by atoms with Crippen LogP contribution in [0, 0.1) is 5.82 Å². The lowest BCUT2D eigenvalue weighted by molar-refractivity contribution is -0.137. The van der Waals surface area contributed by atoms with E-state index in [9.17, 15) is 17.6 Å². The SMILES string of the molecule is NCCCOc1cc(F)cc(C(F)(F)F)c1. The second kappa shape index (κ2) is 5.16. The lowest BCUT2D eigenvalue weighted by atomic mass is 10.2. The minimum absolute atomic E-state index is 0.138. The van der Waals surface area contributed by atoms with Crippen molar-refractivity contribution in [1.82, 2.24) is 0 Å². The number of nitrogens with two attached hydrogens (primary N) is 1. The van der Waals surface area contributed by atoms with Gasteiger partial charge < -0.3 is 10.5 Å². The summed E-state index contributed by atoms with van der Waals surface area (Å²) in [5.74, 6) is -1.11. The van der Waals surface area contributed by atoms with E-state index >= 15 is 0 Å². The fourth-order valence-electron chi connectivity index (χ4n) is 1.08. The highest BCUT2D eigenvalue weighted by Crippen LogP contribution is 2.32. The summed E-state index contributed by atoms with van der Waals surface area (Å²) in [5, 5.41) is 0. The molecule has 0 bridgehead atoms. The summed E-state index contributed by atoms with van der Waals surface area (Å²) in [4.78, 5) is 0. The predicted molar refractivity (Wildman–Crippen MR) is 50.6 cm³/mol. The van der Waals surface area contributed by atoms with E-state index < -0.39 is 17.6 Å². The molecule has 16 heavy (non-hydrogen) atoms. The van der Waals surface area contributed by atoms with Crippen LogP contribution in [-0.2, 0) is 6.18 Å². The molecule has 0 aliphatic carbocycles. The Balaban J connectivity index is 2.82. The summed E-state index contributed by atoms with van der Waals surface area (Å²) in [6.45, 7) is 0.526. The zero-order chi connectivity index (χ0) is 12.2. The Hall–Kier alpha value is -1.30. The number of hydrogen-bond donors (Lipinski definition) is 1. The van der Waals surface area contributed by atoms with Crippen molar-refractivity contribution in [3.63, 3.8) is 0 Å². The molecule has 1 aromatic rings. The Morgan fingerprint density at radius 1 is 1.19 bits per heavy atom. The first-order valence-corrected chi connectivity index (χ1v) is 4.64. The maximum Gasteiger partial charge on any atom is 0.416 e. The number of halogens is 4. The fraction of sp³-hybridized carbons (Fsp3) is 0.400. The highest BCUT2D eigenvalue weighted by molar-refractivity contribution is 5.31. The van der Waals surface area contributed by atoms with Crippen molar-refractivity contribution in [2.45, 2.75) is 12.6 Å². The minimum Gasteiger partial charge on any atom is -0.493 e. The second-order valence-electron chi connectivity index (χ2n) is 3.16. The monoisotopic (exact) mass is 237 g/mol. The van der Waals surface area contributed by atoms with Crippen LogP contribution in [-0.4, -0.2) is 13.2 Å². The summed E-state index contributed by atoms with van der Waals surface area (Å²) < 4.78 is 54.7. The van der Waals surface area contributed by atoms with Gasteiger partial charge in [-0.15, -0.1) is 0 Å². The molecular formula is C10H11F4NO. The van der Waals surface area contributed by atoms with Gasteiger partial charge in [0.2, 0.25) is 0 Å². The smallest absolute Gasteiger partial charge is 0.416 e. The van der Waals surface area contributed by atoms with Crippen molar-refractivity contribution in [1.29, 1.82) is 0 Å². The average molecular weight is 237 g/mol. The maximum absolute atomic E-state index is 12.9. The molecule has 0 aliphatic heterocycles. The Kier molecular flexibility index (Phi) is 4.12. The molecule has 0 aromatic heterocycles. The Morgan fingerprint density at radius 2 is 1.88 bits per heavy atom. The molecule has 0 spiro atoms. The first-order valence-electron chi connectivity index (χ1n) is 4.64. The van der Waals surface area contributed by atoms with Crippen molar-refractivity contribution in [2.24, 2.45) is 5.73 Å². The van der Waals surface area contributed by atoms with Crippen LogP contribution < -0.4 is 10.5 Å². The molecule has 2 N–H and O–H groups in total. The van der Waals surface area contributed by atoms with Crippen molar-refractivity contribution in [3.05, 3.63) is 29.6 Å². The van der Waals surface area contributed by atoms with Gasteiger partial charge in [-0.05, 0) is 25.1 Å². The molecule has 1 rings (SSSR count). The zero-order valence-electron chi connectivity index (χ0n) is 8.35. The molecule has 0 saturated heterocycles. The zero-order valence-corrected chi connectivity index (χ0v) is 8.35. The van der Waals surface area contributed by atoms with Crippen molar-refractivity contribution < 1.29 is 22.3 Å². The molecule has 0 unspecified atom stereocenters. The van der Waals surface area contributed by atoms with Crippen LogP contribution in [0.5, 0.6) is 5.75 Å². The van der Waals surface area contributed by atoms with Gasteiger partial charge in [-0.25, -0.2) is 4.39 Å². The highest BCUT2D eigenvalue weighted by atomic mass is 19.4. The molecular weight excluding hydrogens is 226 g/mol. The van der Waals surface area contributed by atoms with Gasteiger partial charge in [0.05, 0.1) is 12.2 Å². The van der Waals surface area contributed by atoms with Crippen LogP contribution in [0.15, 0.2) is 18.2 Å². The molecule has 1 aromatic carbocycles. The first-order chi connectivity index (χ1) is 7.43. The van der Waals surface area contributed by atoms with Gasteiger partial charge in [-0.3, -0.25) is 0 Å².